The molecule has 0 aliphatic carbocycles. The number of ether oxygens (including phenoxy) is 1. The minimum absolute atomic E-state index is 0.0447. The Morgan fingerprint density at radius 2 is 2.21 bits per heavy atom. The standard InChI is InChI=1S/C9H7ClF2O2/c1-5-6(3-14-4-13)7(10)2-8(11)9(5)12/h2,4H,3H2,1H3. The topological polar surface area (TPSA) is 26.3 Å². The molecular formula is C9H7ClF2O2. The maximum atomic E-state index is 13.0. The number of halogens is 3. The van der Waals surface area contributed by atoms with E-state index in [9.17, 15) is 13.6 Å². The highest BCUT2D eigenvalue weighted by atomic mass is 35.5. The Labute approximate surface area is 84.4 Å². The van der Waals surface area contributed by atoms with E-state index in [0.717, 1.165) is 6.07 Å². The Bertz CT molecular complexity index is 366. The Morgan fingerprint density at radius 1 is 1.57 bits per heavy atom. The van der Waals surface area contributed by atoms with Gasteiger partial charge in [0.1, 0.15) is 6.61 Å². The summed E-state index contributed by atoms with van der Waals surface area (Å²) < 4.78 is 30.2. The Hall–Kier alpha value is -1.16. The maximum Gasteiger partial charge on any atom is 0.293 e. The van der Waals surface area contributed by atoms with Crippen molar-refractivity contribution >= 4 is 18.1 Å². The van der Waals surface area contributed by atoms with Gasteiger partial charge in [-0.25, -0.2) is 8.78 Å². The third kappa shape index (κ3) is 2.01. The van der Waals surface area contributed by atoms with Crippen molar-refractivity contribution < 1.29 is 18.3 Å². The van der Waals surface area contributed by atoms with E-state index in [1.165, 1.54) is 6.92 Å². The van der Waals surface area contributed by atoms with Gasteiger partial charge in [0, 0.05) is 5.56 Å². The van der Waals surface area contributed by atoms with Crippen LogP contribution in [0.2, 0.25) is 5.02 Å². The second kappa shape index (κ2) is 4.37. The summed E-state index contributed by atoms with van der Waals surface area (Å²) in [7, 11) is 0. The molecule has 0 saturated carbocycles. The van der Waals surface area contributed by atoms with E-state index in [2.05, 4.69) is 4.74 Å². The SMILES string of the molecule is Cc1c(F)c(F)cc(Cl)c1COC=O. The summed E-state index contributed by atoms with van der Waals surface area (Å²) in [5.41, 5.74) is 0.328. The smallest absolute Gasteiger partial charge is 0.293 e. The van der Waals surface area contributed by atoms with Gasteiger partial charge >= 0.3 is 0 Å². The largest absolute Gasteiger partial charge is 0.463 e. The molecule has 0 radical (unpaired) electrons. The van der Waals surface area contributed by atoms with Crippen molar-refractivity contribution in [1.29, 1.82) is 0 Å². The van der Waals surface area contributed by atoms with Crippen LogP contribution in [0.25, 0.3) is 0 Å². The number of hydrogen-bond acceptors (Lipinski definition) is 2. The average Bonchev–Trinajstić information content (AvgIpc) is 2.14. The van der Waals surface area contributed by atoms with Gasteiger partial charge in [-0.3, -0.25) is 4.79 Å². The second-order valence-electron chi connectivity index (χ2n) is 2.66. The maximum absolute atomic E-state index is 13.0. The summed E-state index contributed by atoms with van der Waals surface area (Å²) in [4.78, 5) is 9.92. The first-order valence-electron chi connectivity index (χ1n) is 3.76. The summed E-state index contributed by atoms with van der Waals surface area (Å²) in [5, 5.41) is 0.0447. The van der Waals surface area contributed by atoms with Gasteiger partial charge < -0.3 is 4.74 Å². The zero-order chi connectivity index (χ0) is 10.7. The molecule has 76 valence electrons. The van der Waals surface area contributed by atoms with E-state index < -0.39 is 11.6 Å². The number of hydrogen-bond donors (Lipinski definition) is 0. The molecule has 0 unspecified atom stereocenters. The summed E-state index contributed by atoms with van der Waals surface area (Å²) in [6.45, 7) is 1.43. The van der Waals surface area contributed by atoms with E-state index in [-0.39, 0.29) is 29.2 Å². The first-order chi connectivity index (χ1) is 6.57. The van der Waals surface area contributed by atoms with Crippen LogP contribution >= 0.6 is 11.6 Å². The molecule has 2 nitrogen and oxygen atoms in total. The molecule has 0 N–H and O–H groups in total. The molecule has 0 aromatic heterocycles. The fourth-order valence-corrected chi connectivity index (χ4v) is 1.34. The third-order valence-corrected chi connectivity index (χ3v) is 2.17. The molecule has 0 aliphatic heterocycles. The molecule has 1 aromatic rings. The minimum Gasteiger partial charge on any atom is -0.463 e. The van der Waals surface area contributed by atoms with Gasteiger partial charge in [0.05, 0.1) is 5.02 Å². The second-order valence-corrected chi connectivity index (χ2v) is 3.07. The highest BCUT2D eigenvalue weighted by molar-refractivity contribution is 6.31. The fraction of sp³-hybridized carbons (Fsp3) is 0.222. The average molecular weight is 221 g/mol. The number of carbonyl (C=O) groups is 1. The monoisotopic (exact) mass is 220 g/mol. The molecular weight excluding hydrogens is 214 g/mol. The van der Waals surface area contributed by atoms with Gasteiger partial charge in [-0.2, -0.15) is 0 Å². The van der Waals surface area contributed by atoms with E-state index in [1.807, 2.05) is 0 Å². The van der Waals surface area contributed by atoms with E-state index in [0.29, 0.717) is 0 Å². The van der Waals surface area contributed by atoms with Crippen LogP contribution in [0.15, 0.2) is 6.07 Å². The summed E-state index contributed by atoms with van der Waals surface area (Å²) in [6.07, 6.45) is 0. The first kappa shape index (κ1) is 10.9. The molecule has 1 aromatic carbocycles. The highest BCUT2D eigenvalue weighted by Crippen LogP contribution is 2.25. The molecule has 0 aliphatic rings. The highest BCUT2D eigenvalue weighted by Gasteiger charge is 2.14. The van der Waals surface area contributed by atoms with Crippen LogP contribution in [-0.4, -0.2) is 6.47 Å². The Morgan fingerprint density at radius 3 is 2.79 bits per heavy atom. The third-order valence-electron chi connectivity index (χ3n) is 1.83. The van der Waals surface area contributed by atoms with E-state index in [1.54, 1.807) is 0 Å². The van der Waals surface area contributed by atoms with Crippen LogP contribution in [0.3, 0.4) is 0 Å². The molecule has 0 fully saturated rings. The number of benzene rings is 1. The predicted molar refractivity (Wildman–Crippen MR) is 47.0 cm³/mol. The van der Waals surface area contributed by atoms with Gasteiger partial charge in [-0.1, -0.05) is 11.6 Å². The van der Waals surface area contributed by atoms with E-state index in [4.69, 9.17) is 11.6 Å². The van der Waals surface area contributed by atoms with E-state index >= 15 is 0 Å². The molecule has 0 spiro atoms. The lowest BCUT2D eigenvalue weighted by atomic mass is 10.1. The van der Waals surface area contributed by atoms with Crippen LogP contribution < -0.4 is 0 Å². The number of carbonyl (C=O) groups excluding carboxylic acids is 1. The molecule has 0 atom stereocenters. The molecule has 1 rings (SSSR count). The lowest BCUT2D eigenvalue weighted by Crippen LogP contribution is -2.00. The first-order valence-corrected chi connectivity index (χ1v) is 4.14. The fourth-order valence-electron chi connectivity index (χ4n) is 1.05. The normalized spacial score (nSPS) is 10.0. The molecule has 14 heavy (non-hydrogen) atoms. The lowest BCUT2D eigenvalue weighted by molar-refractivity contribution is -0.129. The van der Waals surface area contributed by atoms with Crippen LogP contribution in [0.1, 0.15) is 11.1 Å². The van der Waals surface area contributed by atoms with Crippen LogP contribution in [0.5, 0.6) is 0 Å². The van der Waals surface area contributed by atoms with Crippen molar-refractivity contribution in [2.75, 3.05) is 0 Å². The molecule has 5 heteroatoms. The van der Waals surface area contributed by atoms with Gasteiger partial charge in [-0.15, -0.1) is 0 Å². The van der Waals surface area contributed by atoms with Crippen LogP contribution in [0.4, 0.5) is 8.78 Å². The van der Waals surface area contributed by atoms with Crippen molar-refractivity contribution in [2.24, 2.45) is 0 Å². The van der Waals surface area contributed by atoms with Gasteiger partial charge in [0.15, 0.2) is 11.6 Å². The van der Waals surface area contributed by atoms with Crippen LogP contribution in [-0.2, 0) is 16.1 Å². The molecule has 0 amide bonds. The van der Waals surface area contributed by atoms with Crippen LogP contribution in [0, 0.1) is 18.6 Å². The lowest BCUT2D eigenvalue weighted by Gasteiger charge is -2.08. The summed E-state index contributed by atoms with van der Waals surface area (Å²) in [6, 6.07) is 0.855. The van der Waals surface area contributed by atoms with Crippen molar-refractivity contribution in [3.63, 3.8) is 0 Å². The van der Waals surface area contributed by atoms with Crippen molar-refractivity contribution in [1.82, 2.24) is 0 Å². The summed E-state index contributed by atoms with van der Waals surface area (Å²) >= 11 is 5.64. The van der Waals surface area contributed by atoms with Crippen molar-refractivity contribution in [3.05, 3.63) is 33.9 Å². The van der Waals surface area contributed by atoms with Crippen molar-refractivity contribution in [3.8, 4) is 0 Å². The van der Waals surface area contributed by atoms with Gasteiger partial charge in [0.25, 0.3) is 6.47 Å². The van der Waals surface area contributed by atoms with Gasteiger partial charge in [0.2, 0.25) is 0 Å². The molecule has 0 saturated heterocycles. The number of rotatable bonds is 3. The quantitative estimate of drug-likeness (QED) is 0.578. The van der Waals surface area contributed by atoms with Crippen molar-refractivity contribution in [2.45, 2.75) is 13.5 Å². The summed E-state index contributed by atoms with van der Waals surface area (Å²) in [5.74, 6) is -1.98. The zero-order valence-electron chi connectivity index (χ0n) is 7.31. The van der Waals surface area contributed by atoms with Gasteiger partial charge in [-0.05, 0) is 18.6 Å². The minimum atomic E-state index is -1.01. The molecule has 0 bridgehead atoms. The Balaban J connectivity index is 3.15. The Kier molecular flexibility index (Phi) is 3.41. The zero-order valence-corrected chi connectivity index (χ0v) is 8.07. The predicted octanol–water partition coefficient (Wildman–Crippen LogP) is 2.60. The molecule has 0 heterocycles.